The number of hydrogen-bond donors (Lipinski definition) is 1. The van der Waals surface area contributed by atoms with Crippen molar-refractivity contribution in [3.05, 3.63) is 65.7 Å². The third-order valence-corrected chi connectivity index (χ3v) is 4.04. The van der Waals surface area contributed by atoms with Crippen molar-refractivity contribution < 1.29 is 14.3 Å². The van der Waals surface area contributed by atoms with Gasteiger partial charge < -0.3 is 10.1 Å². The average Bonchev–Trinajstić information content (AvgIpc) is 3.31. The van der Waals surface area contributed by atoms with E-state index in [0.717, 1.165) is 17.7 Å². The van der Waals surface area contributed by atoms with E-state index in [9.17, 15) is 9.59 Å². The number of rotatable bonds is 5. The summed E-state index contributed by atoms with van der Waals surface area (Å²) in [5, 5.41) is 2.83. The molecule has 0 aliphatic heterocycles. The highest BCUT2D eigenvalue weighted by atomic mass is 16.5. The van der Waals surface area contributed by atoms with Crippen molar-refractivity contribution in [1.82, 2.24) is 0 Å². The van der Waals surface area contributed by atoms with Gasteiger partial charge in [-0.2, -0.15) is 0 Å². The Labute approximate surface area is 135 Å². The predicted molar refractivity (Wildman–Crippen MR) is 87.9 cm³/mol. The maximum Gasteiger partial charge on any atom is 0.309 e. The Morgan fingerprint density at radius 3 is 2.35 bits per heavy atom. The Balaban J connectivity index is 1.54. The van der Waals surface area contributed by atoms with E-state index in [-0.39, 0.29) is 24.4 Å². The molecule has 4 nitrogen and oxygen atoms in total. The van der Waals surface area contributed by atoms with Gasteiger partial charge in [-0.1, -0.05) is 37.3 Å². The van der Waals surface area contributed by atoms with Crippen LogP contribution >= 0.6 is 0 Å². The number of carbonyl (C=O) groups is 2. The Morgan fingerprint density at radius 2 is 1.74 bits per heavy atom. The number of carbonyl (C=O) groups excluding carboxylic acids is 2. The van der Waals surface area contributed by atoms with Crippen LogP contribution in [0.5, 0.6) is 0 Å². The molecule has 2 aromatic rings. The first-order chi connectivity index (χ1) is 11.1. The van der Waals surface area contributed by atoms with Gasteiger partial charge in [0.15, 0.2) is 0 Å². The second kappa shape index (κ2) is 6.65. The van der Waals surface area contributed by atoms with E-state index in [1.165, 1.54) is 0 Å². The summed E-state index contributed by atoms with van der Waals surface area (Å²) in [6.45, 7) is 2.30. The van der Waals surface area contributed by atoms with Crippen molar-refractivity contribution in [3.63, 3.8) is 0 Å². The molecule has 1 aliphatic carbocycles. The quantitative estimate of drug-likeness (QED) is 0.858. The van der Waals surface area contributed by atoms with Crippen LogP contribution in [0.2, 0.25) is 0 Å². The van der Waals surface area contributed by atoms with Gasteiger partial charge in [0.25, 0.3) is 5.91 Å². The SMILES string of the molecule is C[C@H]1C[C@H]1C(=O)OCc1ccc(C(=O)Nc2ccccc2)cc1. The first-order valence-corrected chi connectivity index (χ1v) is 7.75. The predicted octanol–water partition coefficient (Wildman–Crippen LogP) is 3.64. The van der Waals surface area contributed by atoms with Crippen molar-refractivity contribution in [2.45, 2.75) is 20.0 Å². The molecule has 4 heteroatoms. The Kier molecular flexibility index (Phi) is 4.42. The molecule has 0 heterocycles. The zero-order chi connectivity index (χ0) is 16.2. The molecule has 1 amide bonds. The first-order valence-electron chi connectivity index (χ1n) is 7.75. The molecule has 23 heavy (non-hydrogen) atoms. The largest absolute Gasteiger partial charge is 0.461 e. The van der Waals surface area contributed by atoms with Gasteiger partial charge in [-0.15, -0.1) is 0 Å². The molecule has 0 saturated heterocycles. The van der Waals surface area contributed by atoms with Crippen molar-refractivity contribution >= 4 is 17.6 Å². The van der Waals surface area contributed by atoms with E-state index >= 15 is 0 Å². The van der Waals surface area contributed by atoms with Gasteiger partial charge in [-0.25, -0.2) is 0 Å². The highest BCUT2D eigenvalue weighted by Crippen LogP contribution is 2.38. The number of amides is 1. The van der Waals surface area contributed by atoms with Crippen molar-refractivity contribution in [3.8, 4) is 0 Å². The Hall–Kier alpha value is -2.62. The normalized spacial score (nSPS) is 19.0. The molecule has 0 bridgehead atoms. The lowest BCUT2D eigenvalue weighted by Crippen LogP contribution is -2.12. The second-order valence-corrected chi connectivity index (χ2v) is 5.94. The average molecular weight is 309 g/mol. The molecule has 118 valence electrons. The van der Waals surface area contributed by atoms with Crippen LogP contribution in [0.15, 0.2) is 54.6 Å². The third-order valence-electron chi connectivity index (χ3n) is 4.04. The molecular formula is C19H19NO3. The molecular weight excluding hydrogens is 290 g/mol. The van der Waals surface area contributed by atoms with Crippen LogP contribution in [0, 0.1) is 11.8 Å². The van der Waals surface area contributed by atoms with E-state index in [4.69, 9.17) is 4.74 Å². The molecule has 1 aliphatic rings. The molecule has 1 saturated carbocycles. The molecule has 0 unspecified atom stereocenters. The third kappa shape index (κ3) is 3.97. The number of anilines is 1. The Morgan fingerprint density at radius 1 is 1.09 bits per heavy atom. The summed E-state index contributed by atoms with van der Waals surface area (Å²) in [6.07, 6.45) is 0.928. The fourth-order valence-electron chi connectivity index (χ4n) is 2.39. The van der Waals surface area contributed by atoms with Gasteiger partial charge in [-0.05, 0) is 42.2 Å². The lowest BCUT2D eigenvalue weighted by Gasteiger charge is -2.07. The van der Waals surface area contributed by atoms with Gasteiger partial charge in [0, 0.05) is 11.3 Å². The summed E-state index contributed by atoms with van der Waals surface area (Å²) in [6, 6.07) is 16.4. The minimum absolute atomic E-state index is 0.0749. The van der Waals surface area contributed by atoms with Gasteiger partial charge in [0.05, 0.1) is 5.92 Å². The molecule has 1 fully saturated rings. The topological polar surface area (TPSA) is 55.4 Å². The van der Waals surface area contributed by atoms with E-state index in [1.54, 1.807) is 12.1 Å². The maximum absolute atomic E-state index is 12.1. The summed E-state index contributed by atoms with van der Waals surface area (Å²) in [5.74, 6) is 0.243. The van der Waals surface area contributed by atoms with Crippen molar-refractivity contribution in [1.29, 1.82) is 0 Å². The molecule has 2 atom stereocenters. The molecule has 0 radical (unpaired) electrons. The lowest BCUT2D eigenvalue weighted by molar-refractivity contribution is -0.146. The fourth-order valence-corrected chi connectivity index (χ4v) is 2.39. The molecule has 1 N–H and O–H groups in total. The number of esters is 1. The van der Waals surface area contributed by atoms with Crippen molar-refractivity contribution in [2.24, 2.45) is 11.8 Å². The number of nitrogens with one attached hydrogen (secondary N) is 1. The summed E-state index contributed by atoms with van der Waals surface area (Å²) in [7, 11) is 0. The van der Waals surface area contributed by atoms with E-state index in [1.807, 2.05) is 49.4 Å². The number of benzene rings is 2. The first kappa shape index (κ1) is 15.3. The smallest absolute Gasteiger partial charge is 0.309 e. The molecule has 0 aromatic heterocycles. The van der Waals surface area contributed by atoms with Crippen LogP contribution in [-0.4, -0.2) is 11.9 Å². The van der Waals surface area contributed by atoms with Crippen LogP contribution < -0.4 is 5.32 Å². The van der Waals surface area contributed by atoms with Crippen LogP contribution in [-0.2, 0) is 16.1 Å². The van der Waals surface area contributed by atoms with E-state index in [2.05, 4.69) is 5.32 Å². The highest BCUT2D eigenvalue weighted by molar-refractivity contribution is 6.04. The second-order valence-electron chi connectivity index (χ2n) is 5.94. The highest BCUT2D eigenvalue weighted by Gasteiger charge is 2.40. The lowest BCUT2D eigenvalue weighted by atomic mass is 10.1. The van der Waals surface area contributed by atoms with Gasteiger partial charge in [0.1, 0.15) is 6.61 Å². The van der Waals surface area contributed by atoms with Crippen LogP contribution in [0.4, 0.5) is 5.69 Å². The van der Waals surface area contributed by atoms with Crippen LogP contribution in [0.3, 0.4) is 0 Å². The van der Waals surface area contributed by atoms with Gasteiger partial charge >= 0.3 is 5.97 Å². The molecule has 3 rings (SSSR count). The monoisotopic (exact) mass is 309 g/mol. The molecule has 0 spiro atoms. The summed E-state index contributed by atoms with van der Waals surface area (Å²) < 4.78 is 5.28. The van der Waals surface area contributed by atoms with Crippen LogP contribution in [0.25, 0.3) is 0 Å². The number of hydrogen-bond acceptors (Lipinski definition) is 3. The number of para-hydroxylation sites is 1. The summed E-state index contributed by atoms with van der Waals surface area (Å²) >= 11 is 0. The minimum Gasteiger partial charge on any atom is -0.461 e. The van der Waals surface area contributed by atoms with E-state index < -0.39 is 0 Å². The maximum atomic E-state index is 12.1. The zero-order valence-corrected chi connectivity index (χ0v) is 13.0. The minimum atomic E-state index is -0.161. The standard InChI is InChI=1S/C19H19NO3/c1-13-11-17(13)19(22)23-12-14-7-9-15(10-8-14)18(21)20-16-5-3-2-4-6-16/h2-10,13,17H,11-12H2,1H3,(H,20,21)/t13-,17+/m0/s1. The molecule has 2 aromatic carbocycles. The van der Waals surface area contributed by atoms with E-state index in [0.29, 0.717) is 11.5 Å². The summed E-state index contributed by atoms with van der Waals surface area (Å²) in [5.41, 5.74) is 2.21. The van der Waals surface area contributed by atoms with Crippen LogP contribution in [0.1, 0.15) is 29.3 Å². The van der Waals surface area contributed by atoms with Gasteiger partial charge in [-0.3, -0.25) is 9.59 Å². The van der Waals surface area contributed by atoms with Crippen molar-refractivity contribution in [2.75, 3.05) is 5.32 Å². The van der Waals surface area contributed by atoms with Gasteiger partial charge in [0.2, 0.25) is 0 Å². The fraction of sp³-hybridized carbons (Fsp3) is 0.263. The Bertz CT molecular complexity index is 694. The zero-order valence-electron chi connectivity index (χ0n) is 13.0. The summed E-state index contributed by atoms with van der Waals surface area (Å²) in [4.78, 5) is 23.8. The number of ether oxygens (including phenoxy) is 1.